The molecule has 0 amide bonds. The predicted octanol–water partition coefficient (Wildman–Crippen LogP) is 3.67. The zero-order valence-corrected chi connectivity index (χ0v) is 37.8. The molecule has 1 aliphatic heterocycles. The van der Waals surface area contributed by atoms with Crippen LogP contribution >= 0.6 is 0 Å². The Kier molecular flexibility index (Phi) is 14.7. The lowest BCUT2D eigenvalue weighted by Gasteiger charge is -2.34. The van der Waals surface area contributed by atoms with Crippen LogP contribution in [0, 0.1) is 0 Å². The third-order valence-corrected chi connectivity index (χ3v) is 10.6. The van der Waals surface area contributed by atoms with Gasteiger partial charge in [-0.3, -0.25) is 0 Å². The highest BCUT2D eigenvalue weighted by atomic mass is 16.7. The van der Waals surface area contributed by atoms with Gasteiger partial charge >= 0.3 is 35.8 Å². The average Bonchev–Trinajstić information content (AvgIpc) is 3.36. The minimum absolute atomic E-state index is 0.425. The number of carbonyl (C=O) groups is 6. The fourth-order valence-corrected chi connectivity index (χ4v) is 6.88. The maximum absolute atomic E-state index is 13.6. The molecule has 0 unspecified atom stereocenters. The van der Waals surface area contributed by atoms with Crippen molar-refractivity contribution in [3.05, 3.63) is 106 Å². The van der Waals surface area contributed by atoms with Gasteiger partial charge in [0, 0.05) is 12.8 Å². The second-order valence-corrected chi connectivity index (χ2v) is 16.0. The molecule has 6 aromatic rings. The van der Waals surface area contributed by atoms with Gasteiger partial charge in [-0.05, 0) is 72.8 Å². The fraction of sp³-hybridized carbons (Fsp3) is 0.125. The number of aromatic hydroxyl groups is 15. The number of hydrogen-bond donors (Lipinski definition) is 15. The Morgan fingerprint density at radius 3 is 0.961 bits per heavy atom. The van der Waals surface area contributed by atoms with Crippen molar-refractivity contribution < 1.29 is 139 Å². The monoisotopic (exact) mass is 1060 g/mol. The van der Waals surface area contributed by atoms with E-state index in [0.29, 0.717) is 60.7 Å². The summed E-state index contributed by atoms with van der Waals surface area (Å²) in [7, 11) is 0. The first-order valence-electron chi connectivity index (χ1n) is 21.1. The molecule has 0 spiro atoms. The highest BCUT2D eigenvalue weighted by Crippen LogP contribution is 2.43. The molecule has 76 heavy (non-hydrogen) atoms. The number of ether oxygens (including phenoxy) is 7. The number of hydrogen-bond acceptors (Lipinski definition) is 28. The van der Waals surface area contributed by atoms with Gasteiger partial charge in [0.1, 0.15) is 12.7 Å². The Balaban J connectivity index is 1.12. The Hall–Kier alpha value is -10.9. The predicted molar refractivity (Wildman–Crippen MR) is 241 cm³/mol. The quantitative estimate of drug-likeness (QED) is 0.0339. The molecule has 0 saturated carbocycles. The van der Waals surface area contributed by atoms with Gasteiger partial charge in [-0.2, -0.15) is 0 Å². The summed E-state index contributed by atoms with van der Waals surface area (Å²) in [6, 6.07) is 8.21. The molecule has 0 aliphatic carbocycles. The van der Waals surface area contributed by atoms with E-state index in [1.165, 1.54) is 0 Å². The molecular weight excluding hydrogens is 1020 g/mol. The fourth-order valence-electron chi connectivity index (χ4n) is 6.88. The van der Waals surface area contributed by atoms with Crippen LogP contribution in [-0.2, 0) is 18.9 Å². The van der Waals surface area contributed by atoms with E-state index in [1.807, 2.05) is 0 Å². The van der Waals surface area contributed by atoms with Gasteiger partial charge in [0.25, 0.3) is 0 Å². The zero-order valence-electron chi connectivity index (χ0n) is 37.8. The average molecular weight is 1060 g/mol. The van der Waals surface area contributed by atoms with E-state index in [-0.39, 0.29) is 0 Å². The molecule has 1 aliphatic rings. The van der Waals surface area contributed by atoms with Gasteiger partial charge in [0.15, 0.2) is 86.2 Å². The molecule has 1 saturated heterocycles. The third-order valence-electron chi connectivity index (χ3n) is 10.6. The smallest absolute Gasteiger partial charge is 0.343 e. The van der Waals surface area contributed by atoms with Crippen molar-refractivity contribution in [1.82, 2.24) is 0 Å². The van der Waals surface area contributed by atoms with Crippen LogP contribution < -0.4 is 14.2 Å². The van der Waals surface area contributed by atoms with Crippen LogP contribution in [0.15, 0.2) is 72.8 Å². The van der Waals surface area contributed by atoms with Crippen molar-refractivity contribution >= 4 is 35.8 Å². The second-order valence-electron chi connectivity index (χ2n) is 16.0. The van der Waals surface area contributed by atoms with E-state index >= 15 is 0 Å². The van der Waals surface area contributed by atoms with E-state index in [1.54, 1.807) is 0 Å². The van der Waals surface area contributed by atoms with Crippen LogP contribution in [-0.4, -0.2) is 138 Å². The minimum Gasteiger partial charge on any atom is -0.504 e. The lowest BCUT2D eigenvalue weighted by molar-refractivity contribution is -0.198. The largest absolute Gasteiger partial charge is 0.504 e. The van der Waals surface area contributed by atoms with Crippen molar-refractivity contribution in [3.8, 4) is 103 Å². The molecule has 6 aromatic carbocycles. The van der Waals surface area contributed by atoms with Gasteiger partial charge < -0.3 is 110 Å². The molecular formula is C48H36O28. The lowest BCUT2D eigenvalue weighted by atomic mass is 10.0. The normalized spacial score (nSPS) is 14.9. The summed E-state index contributed by atoms with van der Waals surface area (Å²) in [5.41, 5.74) is -3.59. The number of carbonyl (C=O) groups excluding carboxylic acids is 6. The van der Waals surface area contributed by atoms with Crippen LogP contribution in [0.4, 0.5) is 0 Å². The second kappa shape index (κ2) is 21.1. The highest BCUT2D eigenvalue weighted by Gasteiger charge is 2.37. The summed E-state index contributed by atoms with van der Waals surface area (Å²) in [6.45, 7) is -0.825. The Morgan fingerprint density at radius 1 is 0.355 bits per heavy atom. The number of benzene rings is 6. The highest BCUT2D eigenvalue weighted by molar-refractivity contribution is 5.97. The van der Waals surface area contributed by atoms with E-state index < -0.39 is 211 Å². The molecule has 28 heteroatoms. The van der Waals surface area contributed by atoms with E-state index in [4.69, 9.17) is 33.2 Å². The van der Waals surface area contributed by atoms with Gasteiger partial charge in [-0.25, -0.2) is 28.8 Å². The first kappa shape index (κ1) is 52.9. The molecule has 15 N–H and O–H groups in total. The number of phenolic OH excluding ortho intramolecular Hbond substituents is 15. The van der Waals surface area contributed by atoms with E-state index in [9.17, 15) is 105 Å². The summed E-state index contributed by atoms with van der Waals surface area (Å²) in [5.74, 6) is -25.8. The van der Waals surface area contributed by atoms with E-state index in [0.717, 1.165) is 12.1 Å². The standard InChI is InChI=1S/C48H36O28/c49-24-1-16(2-25(50)37(24)58)45(66)73-33-10-19(7-30(55)40(33)61)43(64)70-15-23-13-22(72-44(65)20-8-31(56)41(62)34(11-20)74-46(67)17-3-26(51)38(59)27(52)4-17)14-36(71-23)76-48(69)21-9-32(57)42(63)35(12-21)75-47(68)18-5-28(53)39(60)29(54)6-18/h1-12,22-23,36,49-63H,13-15H2/t22-,23-,36-/m0/s1. The number of esters is 6. The number of rotatable bonds is 13. The lowest BCUT2D eigenvalue weighted by Crippen LogP contribution is -2.42. The molecule has 0 bridgehead atoms. The van der Waals surface area contributed by atoms with Crippen LogP contribution in [0.3, 0.4) is 0 Å². The molecule has 28 nitrogen and oxygen atoms in total. The molecule has 1 heterocycles. The zero-order chi connectivity index (χ0) is 55.6. The van der Waals surface area contributed by atoms with Gasteiger partial charge in [0.2, 0.25) is 23.5 Å². The summed E-state index contributed by atoms with van der Waals surface area (Å²) < 4.78 is 37.3. The molecule has 3 atom stereocenters. The summed E-state index contributed by atoms with van der Waals surface area (Å²) in [5, 5.41) is 150. The van der Waals surface area contributed by atoms with Crippen molar-refractivity contribution in [3.63, 3.8) is 0 Å². The van der Waals surface area contributed by atoms with E-state index in [2.05, 4.69) is 0 Å². The molecule has 0 radical (unpaired) electrons. The van der Waals surface area contributed by atoms with Gasteiger partial charge in [0.05, 0.1) is 39.5 Å². The van der Waals surface area contributed by atoms with Crippen molar-refractivity contribution in [2.24, 2.45) is 0 Å². The summed E-state index contributed by atoms with van der Waals surface area (Å²) in [4.78, 5) is 79.1. The van der Waals surface area contributed by atoms with Crippen LogP contribution in [0.5, 0.6) is 103 Å². The van der Waals surface area contributed by atoms with Crippen LogP contribution in [0.25, 0.3) is 0 Å². The number of phenols is 15. The molecule has 396 valence electrons. The van der Waals surface area contributed by atoms with Crippen molar-refractivity contribution in [2.45, 2.75) is 31.3 Å². The molecule has 0 aromatic heterocycles. The van der Waals surface area contributed by atoms with Gasteiger partial charge in [-0.15, -0.1) is 0 Å². The summed E-state index contributed by atoms with van der Waals surface area (Å²) in [6.07, 6.45) is -5.67. The Morgan fingerprint density at radius 2 is 0.632 bits per heavy atom. The van der Waals surface area contributed by atoms with Crippen molar-refractivity contribution in [2.75, 3.05) is 6.61 Å². The molecule has 1 fully saturated rings. The van der Waals surface area contributed by atoms with Crippen LogP contribution in [0.1, 0.15) is 75.0 Å². The Bertz CT molecular complexity index is 3160. The summed E-state index contributed by atoms with van der Waals surface area (Å²) >= 11 is 0. The SMILES string of the molecule is O=C(OC[C@@H]1C[C@H](OC(=O)c2cc(O)c(O)c(OC(=O)c3cc(O)c(O)c(O)c3)c2)C[C@H](OC(=O)c2cc(O)c(O)c(OC(=O)c3cc(O)c(O)c(O)c3)c2)O1)c1cc(O)c(O)c(OC(=O)c2cc(O)c(O)c(O)c2)c1. The topological polar surface area (TPSA) is 470 Å². The van der Waals surface area contributed by atoms with Crippen molar-refractivity contribution in [1.29, 1.82) is 0 Å². The first-order chi connectivity index (χ1) is 35.8. The third kappa shape index (κ3) is 11.4. The van der Waals surface area contributed by atoms with Crippen LogP contribution in [0.2, 0.25) is 0 Å². The van der Waals surface area contributed by atoms with Gasteiger partial charge in [-0.1, -0.05) is 0 Å². The molecule has 7 rings (SSSR count). The maximum atomic E-state index is 13.6. The first-order valence-corrected chi connectivity index (χ1v) is 21.1. The maximum Gasteiger partial charge on any atom is 0.343 e. The minimum atomic E-state index is -1.81. The Labute approximate surface area is 421 Å².